The highest BCUT2D eigenvalue weighted by atomic mass is 16.5. The van der Waals surface area contributed by atoms with E-state index >= 15 is 0 Å². The molecule has 5 nitrogen and oxygen atoms in total. The standard InChI is InChI=1S/C20H29NO4/c1-6-17-12-21(14(4)20(23)24-10-9-13(2)3)18-11-16(15(5)22)7-8-19(18)25-17/h7-8,11,13-14,17H,6,9-10,12H2,1-5H3. The molecule has 138 valence electrons. The molecular formula is C20H29NO4. The number of rotatable bonds is 7. The van der Waals surface area contributed by atoms with Gasteiger partial charge in [-0.05, 0) is 50.8 Å². The van der Waals surface area contributed by atoms with Crippen LogP contribution in [0, 0.1) is 5.92 Å². The van der Waals surface area contributed by atoms with E-state index in [1.54, 1.807) is 12.1 Å². The van der Waals surface area contributed by atoms with Gasteiger partial charge in [-0.25, -0.2) is 4.79 Å². The molecule has 1 aliphatic heterocycles. The van der Waals surface area contributed by atoms with E-state index in [2.05, 4.69) is 20.8 Å². The quantitative estimate of drug-likeness (QED) is 0.554. The van der Waals surface area contributed by atoms with Gasteiger partial charge in [0.05, 0.1) is 18.8 Å². The molecular weight excluding hydrogens is 318 g/mol. The van der Waals surface area contributed by atoms with Gasteiger partial charge in [-0.15, -0.1) is 0 Å². The number of hydrogen-bond donors (Lipinski definition) is 0. The van der Waals surface area contributed by atoms with Crippen LogP contribution < -0.4 is 9.64 Å². The van der Waals surface area contributed by atoms with Crippen molar-refractivity contribution in [3.05, 3.63) is 23.8 Å². The van der Waals surface area contributed by atoms with Gasteiger partial charge in [-0.1, -0.05) is 20.8 Å². The minimum Gasteiger partial charge on any atom is -0.486 e. The highest BCUT2D eigenvalue weighted by Crippen LogP contribution is 2.36. The molecule has 0 aliphatic carbocycles. The van der Waals surface area contributed by atoms with Crippen LogP contribution in [0.3, 0.4) is 0 Å². The van der Waals surface area contributed by atoms with Crippen LogP contribution in [0.4, 0.5) is 5.69 Å². The lowest BCUT2D eigenvalue weighted by atomic mass is 10.1. The van der Waals surface area contributed by atoms with E-state index in [0.29, 0.717) is 30.4 Å². The predicted octanol–water partition coefficient (Wildman–Crippen LogP) is 3.84. The second-order valence-electron chi connectivity index (χ2n) is 7.07. The molecule has 0 spiro atoms. The smallest absolute Gasteiger partial charge is 0.328 e. The summed E-state index contributed by atoms with van der Waals surface area (Å²) in [5, 5.41) is 0. The van der Waals surface area contributed by atoms with Gasteiger partial charge >= 0.3 is 5.97 Å². The first-order valence-electron chi connectivity index (χ1n) is 9.08. The molecule has 25 heavy (non-hydrogen) atoms. The first-order valence-corrected chi connectivity index (χ1v) is 9.08. The largest absolute Gasteiger partial charge is 0.486 e. The number of carbonyl (C=O) groups excluding carboxylic acids is 2. The number of ketones is 1. The number of carbonyl (C=O) groups is 2. The summed E-state index contributed by atoms with van der Waals surface area (Å²) in [5.74, 6) is 0.962. The third-order valence-electron chi connectivity index (χ3n) is 4.57. The number of benzene rings is 1. The fourth-order valence-corrected chi connectivity index (χ4v) is 2.82. The first kappa shape index (κ1) is 19.3. The number of hydrogen-bond acceptors (Lipinski definition) is 5. The Bertz CT molecular complexity index is 626. The fourth-order valence-electron chi connectivity index (χ4n) is 2.82. The molecule has 2 unspecified atom stereocenters. The maximum atomic E-state index is 12.5. The summed E-state index contributed by atoms with van der Waals surface area (Å²) in [6, 6.07) is 4.97. The van der Waals surface area contributed by atoms with Crippen molar-refractivity contribution in [3.63, 3.8) is 0 Å². The van der Waals surface area contributed by atoms with E-state index in [9.17, 15) is 9.59 Å². The van der Waals surface area contributed by atoms with Crippen molar-refractivity contribution in [2.75, 3.05) is 18.1 Å². The summed E-state index contributed by atoms with van der Waals surface area (Å²) in [6.07, 6.45) is 1.71. The van der Waals surface area contributed by atoms with Crippen molar-refractivity contribution >= 4 is 17.4 Å². The SMILES string of the molecule is CCC1CN(C(C)C(=O)OCCC(C)C)c2cc(C(C)=O)ccc2O1. The van der Waals surface area contributed by atoms with Crippen molar-refractivity contribution in [1.29, 1.82) is 0 Å². The lowest BCUT2D eigenvalue weighted by molar-refractivity contribution is -0.145. The Morgan fingerprint density at radius 2 is 2.04 bits per heavy atom. The van der Waals surface area contributed by atoms with Gasteiger partial charge in [0.25, 0.3) is 0 Å². The van der Waals surface area contributed by atoms with E-state index in [1.807, 2.05) is 17.9 Å². The lowest BCUT2D eigenvalue weighted by Gasteiger charge is -2.39. The van der Waals surface area contributed by atoms with Crippen molar-refractivity contribution < 1.29 is 19.1 Å². The molecule has 1 aromatic carbocycles. The molecule has 0 N–H and O–H groups in total. The van der Waals surface area contributed by atoms with Gasteiger partial charge in [-0.3, -0.25) is 4.79 Å². The van der Waals surface area contributed by atoms with Crippen molar-refractivity contribution in [1.82, 2.24) is 0 Å². The second-order valence-corrected chi connectivity index (χ2v) is 7.07. The zero-order valence-electron chi connectivity index (χ0n) is 15.9. The molecule has 5 heteroatoms. The number of fused-ring (bicyclic) bond motifs is 1. The Morgan fingerprint density at radius 1 is 1.32 bits per heavy atom. The van der Waals surface area contributed by atoms with Crippen molar-refractivity contribution in [2.24, 2.45) is 5.92 Å². The Hall–Kier alpha value is -2.04. The Morgan fingerprint density at radius 3 is 2.64 bits per heavy atom. The summed E-state index contributed by atoms with van der Waals surface area (Å²) >= 11 is 0. The van der Waals surface area contributed by atoms with Crippen LogP contribution in [-0.4, -0.2) is 37.0 Å². The average Bonchev–Trinajstić information content (AvgIpc) is 2.58. The summed E-state index contributed by atoms with van der Waals surface area (Å²) in [6.45, 7) is 10.7. The zero-order valence-corrected chi connectivity index (χ0v) is 15.9. The molecule has 1 heterocycles. The molecule has 0 saturated heterocycles. The van der Waals surface area contributed by atoms with Crippen molar-refractivity contribution in [3.8, 4) is 5.75 Å². The van der Waals surface area contributed by atoms with Crippen LogP contribution in [0.15, 0.2) is 18.2 Å². The molecule has 0 bridgehead atoms. The molecule has 2 atom stereocenters. The first-order chi connectivity index (χ1) is 11.8. The van der Waals surface area contributed by atoms with Gasteiger partial charge in [0.15, 0.2) is 5.78 Å². The van der Waals surface area contributed by atoms with Crippen LogP contribution in [0.5, 0.6) is 5.75 Å². The molecule has 1 aliphatic rings. The van der Waals surface area contributed by atoms with Gasteiger partial charge in [0.1, 0.15) is 17.9 Å². The van der Waals surface area contributed by atoms with E-state index < -0.39 is 6.04 Å². The fraction of sp³-hybridized carbons (Fsp3) is 0.600. The van der Waals surface area contributed by atoms with Crippen molar-refractivity contribution in [2.45, 2.75) is 59.6 Å². The van der Waals surface area contributed by atoms with E-state index in [1.165, 1.54) is 6.92 Å². The summed E-state index contributed by atoms with van der Waals surface area (Å²) < 4.78 is 11.4. The topological polar surface area (TPSA) is 55.8 Å². The monoisotopic (exact) mass is 347 g/mol. The van der Waals surface area contributed by atoms with E-state index in [0.717, 1.165) is 18.5 Å². The maximum absolute atomic E-state index is 12.5. The van der Waals surface area contributed by atoms with E-state index in [4.69, 9.17) is 9.47 Å². The Labute approximate surface area is 150 Å². The van der Waals surface area contributed by atoms with Gasteiger partial charge in [0, 0.05) is 5.56 Å². The third-order valence-corrected chi connectivity index (χ3v) is 4.57. The minimum absolute atomic E-state index is 0.00692. The molecule has 0 fully saturated rings. The van der Waals surface area contributed by atoms with Gasteiger partial charge < -0.3 is 14.4 Å². The normalized spacial score (nSPS) is 17.7. The number of nitrogens with zero attached hydrogens (tertiary/aromatic N) is 1. The number of anilines is 1. The maximum Gasteiger partial charge on any atom is 0.328 e. The zero-order chi connectivity index (χ0) is 18.6. The van der Waals surface area contributed by atoms with Gasteiger partial charge in [0.2, 0.25) is 0 Å². The molecule has 0 amide bonds. The van der Waals surface area contributed by atoms with Crippen LogP contribution in [-0.2, 0) is 9.53 Å². The van der Waals surface area contributed by atoms with Crippen LogP contribution in [0.25, 0.3) is 0 Å². The van der Waals surface area contributed by atoms with Crippen LogP contribution >= 0.6 is 0 Å². The minimum atomic E-state index is -0.425. The summed E-state index contributed by atoms with van der Waals surface area (Å²) in [5.41, 5.74) is 1.40. The third kappa shape index (κ3) is 4.74. The molecule has 0 saturated carbocycles. The predicted molar refractivity (Wildman–Crippen MR) is 98.4 cm³/mol. The Kier molecular flexibility index (Phi) is 6.45. The number of esters is 1. The van der Waals surface area contributed by atoms with Crippen LogP contribution in [0.2, 0.25) is 0 Å². The molecule has 2 rings (SSSR count). The summed E-state index contributed by atoms with van der Waals surface area (Å²) in [7, 11) is 0. The molecule has 0 aromatic heterocycles. The van der Waals surface area contributed by atoms with Crippen LogP contribution in [0.1, 0.15) is 57.8 Å². The number of ether oxygens (including phenoxy) is 2. The number of Topliss-reactive ketones (excluding diaryl/α,β-unsaturated/α-hetero) is 1. The Balaban J connectivity index is 2.22. The summed E-state index contributed by atoms with van der Waals surface area (Å²) in [4.78, 5) is 26.2. The lowest BCUT2D eigenvalue weighted by Crippen LogP contribution is -2.48. The highest BCUT2D eigenvalue weighted by molar-refractivity contribution is 5.96. The van der Waals surface area contributed by atoms with Gasteiger partial charge in [-0.2, -0.15) is 0 Å². The molecule has 1 aromatic rings. The average molecular weight is 347 g/mol. The highest BCUT2D eigenvalue weighted by Gasteiger charge is 2.32. The van der Waals surface area contributed by atoms with E-state index in [-0.39, 0.29) is 17.9 Å². The second kappa shape index (κ2) is 8.37. The molecule has 0 radical (unpaired) electrons.